The number of hydrogen-bond donors (Lipinski definition) is 0. The molecule has 0 amide bonds. The molecule has 9 aromatic carbocycles. The summed E-state index contributed by atoms with van der Waals surface area (Å²) in [6, 6.07) is 69.0. The monoisotopic (exact) mass is 700 g/mol. The van der Waals surface area contributed by atoms with Gasteiger partial charge in [-0.25, -0.2) is 15.0 Å². The van der Waals surface area contributed by atoms with E-state index < -0.39 is 0 Å². The van der Waals surface area contributed by atoms with Crippen molar-refractivity contribution < 1.29 is 0 Å². The number of fused-ring (bicyclic) bond motifs is 6. The summed E-state index contributed by atoms with van der Waals surface area (Å²) in [7, 11) is 0. The van der Waals surface area contributed by atoms with Crippen LogP contribution in [0.25, 0.3) is 105 Å². The Hall–Kier alpha value is -7.43. The van der Waals surface area contributed by atoms with Crippen LogP contribution in [0.5, 0.6) is 0 Å². The zero-order chi connectivity index (χ0) is 36.3. The van der Waals surface area contributed by atoms with Gasteiger partial charge in [0.2, 0.25) is 0 Å². The Kier molecular flexibility index (Phi) is 7.14. The number of rotatable bonds is 5. The minimum atomic E-state index is 0.625. The second kappa shape index (κ2) is 12.6. The van der Waals surface area contributed by atoms with Gasteiger partial charge in [0, 0.05) is 33.0 Å². The molecule has 2 heterocycles. The van der Waals surface area contributed by atoms with Crippen molar-refractivity contribution in [3.8, 4) is 51.0 Å². The lowest BCUT2D eigenvalue weighted by atomic mass is 9.97. The molecule has 11 rings (SSSR count). The Bertz CT molecular complexity index is 3110. The summed E-state index contributed by atoms with van der Waals surface area (Å²) in [5.74, 6) is 1.91. The molecule has 0 bridgehead atoms. The molecule has 4 heteroatoms. The predicted molar refractivity (Wildman–Crippen MR) is 228 cm³/mol. The first-order valence-electron chi connectivity index (χ1n) is 18.6. The molecule has 55 heavy (non-hydrogen) atoms. The fourth-order valence-corrected chi connectivity index (χ4v) is 8.04. The molecule has 0 fully saturated rings. The first kappa shape index (κ1) is 31.1. The summed E-state index contributed by atoms with van der Waals surface area (Å²) in [4.78, 5) is 15.2. The first-order valence-corrected chi connectivity index (χ1v) is 18.6. The predicted octanol–water partition coefficient (Wildman–Crippen LogP) is 13.1. The molecule has 256 valence electrons. The van der Waals surface area contributed by atoms with Crippen molar-refractivity contribution >= 4 is 54.1 Å². The summed E-state index contributed by atoms with van der Waals surface area (Å²) in [5.41, 5.74) is 8.43. The van der Waals surface area contributed by atoms with Gasteiger partial charge in [0.1, 0.15) is 0 Å². The Morgan fingerprint density at radius 3 is 1.24 bits per heavy atom. The van der Waals surface area contributed by atoms with Gasteiger partial charge in [-0.15, -0.1) is 0 Å². The highest BCUT2D eigenvalue weighted by Crippen LogP contribution is 2.41. The lowest BCUT2D eigenvalue weighted by Gasteiger charge is -2.17. The van der Waals surface area contributed by atoms with Gasteiger partial charge in [-0.3, -0.25) is 0 Å². The van der Waals surface area contributed by atoms with Crippen molar-refractivity contribution in [1.82, 2.24) is 19.5 Å². The van der Waals surface area contributed by atoms with Gasteiger partial charge in [-0.1, -0.05) is 146 Å². The highest BCUT2D eigenvalue weighted by molar-refractivity contribution is 6.17. The van der Waals surface area contributed by atoms with E-state index in [1.165, 1.54) is 43.1 Å². The molecule has 0 saturated carbocycles. The SMILES string of the molecule is c1ccc(-c2nc(-c3ccccc3)nc(-c3ccc(-n4c5cc6ccccc6cc5c5cc6ccccc6cc54)c(-c4ccc5ccccc5c4)c3)n2)cc1. The lowest BCUT2D eigenvalue weighted by molar-refractivity contribution is 1.07. The van der Waals surface area contributed by atoms with Gasteiger partial charge in [0.25, 0.3) is 0 Å². The van der Waals surface area contributed by atoms with Crippen molar-refractivity contribution in [3.63, 3.8) is 0 Å². The average molecular weight is 701 g/mol. The van der Waals surface area contributed by atoms with E-state index in [2.05, 4.69) is 138 Å². The topological polar surface area (TPSA) is 43.6 Å². The van der Waals surface area contributed by atoms with E-state index in [1.54, 1.807) is 0 Å². The van der Waals surface area contributed by atoms with Gasteiger partial charge >= 0.3 is 0 Å². The fraction of sp³-hybridized carbons (Fsp3) is 0. The van der Waals surface area contributed by atoms with Crippen LogP contribution in [0.1, 0.15) is 0 Å². The van der Waals surface area contributed by atoms with Crippen LogP contribution in [0.15, 0.2) is 194 Å². The Morgan fingerprint density at radius 2 is 0.709 bits per heavy atom. The Morgan fingerprint density at radius 1 is 0.291 bits per heavy atom. The third kappa shape index (κ3) is 5.34. The highest BCUT2D eigenvalue weighted by atomic mass is 15.0. The number of hydrogen-bond acceptors (Lipinski definition) is 3. The second-order valence-electron chi connectivity index (χ2n) is 14.1. The second-order valence-corrected chi connectivity index (χ2v) is 14.1. The molecule has 0 saturated heterocycles. The van der Waals surface area contributed by atoms with Crippen LogP contribution in [-0.4, -0.2) is 19.5 Å². The molecule has 4 nitrogen and oxygen atoms in total. The largest absolute Gasteiger partial charge is 0.309 e. The van der Waals surface area contributed by atoms with Gasteiger partial charge in [0.05, 0.1) is 16.7 Å². The van der Waals surface area contributed by atoms with Gasteiger partial charge in [0.15, 0.2) is 17.5 Å². The van der Waals surface area contributed by atoms with Crippen molar-refractivity contribution in [2.24, 2.45) is 0 Å². The van der Waals surface area contributed by atoms with Gasteiger partial charge in [-0.2, -0.15) is 0 Å². The van der Waals surface area contributed by atoms with Crippen LogP contribution < -0.4 is 0 Å². The van der Waals surface area contributed by atoms with Crippen LogP contribution in [0.2, 0.25) is 0 Å². The zero-order valence-corrected chi connectivity index (χ0v) is 29.8. The zero-order valence-electron chi connectivity index (χ0n) is 29.8. The van der Waals surface area contributed by atoms with Crippen LogP contribution in [-0.2, 0) is 0 Å². The van der Waals surface area contributed by atoms with Crippen molar-refractivity contribution in [3.05, 3.63) is 194 Å². The summed E-state index contributed by atoms with van der Waals surface area (Å²) < 4.78 is 2.45. The maximum Gasteiger partial charge on any atom is 0.164 e. The molecule has 2 aromatic heterocycles. The molecular formula is C51H32N4. The molecule has 0 N–H and O–H groups in total. The quantitative estimate of drug-likeness (QED) is 0.179. The van der Waals surface area contributed by atoms with E-state index in [-0.39, 0.29) is 0 Å². The van der Waals surface area contributed by atoms with Gasteiger partial charge in [-0.05, 0) is 86.4 Å². The number of benzene rings is 9. The standard InChI is InChI=1S/C51H32N4/c1-3-14-34(15-4-1)49-52-50(35-16-5-2-6-17-35)54-51(53-49)42-25-26-46(43(30-42)41-24-23-33-13-7-8-18-36(33)27-41)55-47-31-39-21-11-9-19-37(39)28-44(47)45-29-38-20-10-12-22-40(38)32-48(45)55/h1-32H. The maximum absolute atomic E-state index is 5.12. The summed E-state index contributed by atoms with van der Waals surface area (Å²) in [5, 5.41) is 9.72. The number of aromatic nitrogens is 4. The molecule has 0 unspecified atom stereocenters. The summed E-state index contributed by atoms with van der Waals surface area (Å²) in [6.07, 6.45) is 0. The first-order chi connectivity index (χ1) is 27.2. The maximum atomic E-state index is 5.12. The van der Waals surface area contributed by atoms with E-state index in [1.807, 2.05) is 60.7 Å². The Balaban J connectivity index is 1.22. The lowest BCUT2D eigenvalue weighted by Crippen LogP contribution is -2.02. The van der Waals surface area contributed by atoms with Crippen LogP contribution >= 0.6 is 0 Å². The summed E-state index contributed by atoms with van der Waals surface area (Å²) >= 11 is 0. The highest BCUT2D eigenvalue weighted by Gasteiger charge is 2.20. The van der Waals surface area contributed by atoms with E-state index in [4.69, 9.17) is 15.0 Å². The van der Waals surface area contributed by atoms with E-state index in [9.17, 15) is 0 Å². The minimum Gasteiger partial charge on any atom is -0.309 e. The molecule has 0 atom stereocenters. The third-order valence-corrected chi connectivity index (χ3v) is 10.8. The van der Waals surface area contributed by atoms with Crippen LogP contribution in [0.3, 0.4) is 0 Å². The summed E-state index contributed by atoms with van der Waals surface area (Å²) in [6.45, 7) is 0. The van der Waals surface area contributed by atoms with E-state index >= 15 is 0 Å². The molecule has 0 aliphatic carbocycles. The normalized spacial score (nSPS) is 11.6. The number of nitrogens with zero attached hydrogens (tertiary/aromatic N) is 4. The molecule has 0 aliphatic heterocycles. The van der Waals surface area contributed by atoms with Crippen LogP contribution in [0.4, 0.5) is 0 Å². The van der Waals surface area contributed by atoms with Crippen molar-refractivity contribution in [2.45, 2.75) is 0 Å². The van der Waals surface area contributed by atoms with E-state index in [0.29, 0.717) is 17.5 Å². The van der Waals surface area contributed by atoms with Crippen molar-refractivity contribution in [1.29, 1.82) is 0 Å². The molecular weight excluding hydrogens is 669 g/mol. The van der Waals surface area contributed by atoms with Crippen LogP contribution in [0, 0.1) is 0 Å². The van der Waals surface area contributed by atoms with Crippen molar-refractivity contribution in [2.75, 3.05) is 0 Å². The van der Waals surface area contributed by atoms with E-state index in [0.717, 1.165) is 44.5 Å². The average Bonchev–Trinajstić information content (AvgIpc) is 3.56. The molecule has 0 spiro atoms. The molecule has 0 aliphatic rings. The molecule has 0 radical (unpaired) electrons. The van der Waals surface area contributed by atoms with Gasteiger partial charge < -0.3 is 4.57 Å². The minimum absolute atomic E-state index is 0.625. The Labute approximate surface area is 317 Å². The third-order valence-electron chi connectivity index (χ3n) is 10.8. The molecule has 11 aromatic rings. The fourth-order valence-electron chi connectivity index (χ4n) is 8.04. The smallest absolute Gasteiger partial charge is 0.164 e.